The Kier molecular flexibility index (Phi) is 4.44. The highest BCUT2D eigenvalue weighted by atomic mass is 35.5. The first-order valence-corrected chi connectivity index (χ1v) is 6.54. The van der Waals surface area contributed by atoms with E-state index in [1.165, 1.54) is 17.7 Å². The minimum atomic E-state index is 0.00691. The van der Waals surface area contributed by atoms with Gasteiger partial charge in [0.15, 0.2) is 6.54 Å². The number of benzene rings is 1. The minimum absolute atomic E-state index is 0.00691. The van der Waals surface area contributed by atoms with Crippen LogP contribution < -0.4 is 15.0 Å². The Balaban J connectivity index is 1.99. The van der Waals surface area contributed by atoms with Crippen molar-refractivity contribution < 1.29 is 14.4 Å². The van der Waals surface area contributed by atoms with Crippen LogP contribution in [0.15, 0.2) is 18.2 Å². The van der Waals surface area contributed by atoms with E-state index in [2.05, 4.69) is 5.32 Å². The lowest BCUT2D eigenvalue weighted by Crippen LogP contribution is -3.11. The molecule has 1 aromatic rings. The smallest absolute Gasteiger partial charge is 0.279 e. The first kappa shape index (κ1) is 13.2. The fourth-order valence-electron chi connectivity index (χ4n) is 2.25. The van der Waals surface area contributed by atoms with Gasteiger partial charge in [-0.15, -0.1) is 0 Å². The van der Waals surface area contributed by atoms with Crippen molar-refractivity contribution in [2.75, 3.05) is 32.1 Å². The van der Waals surface area contributed by atoms with E-state index >= 15 is 0 Å². The molecule has 18 heavy (non-hydrogen) atoms. The van der Waals surface area contributed by atoms with E-state index in [-0.39, 0.29) is 5.91 Å². The standard InChI is InChI=1S/C13H17ClN2O2/c1-18-12-5-4-10(14)8-11(12)15-13(17)9-16-6-2-3-7-16/h4-5,8H,2-3,6-7,9H2,1H3,(H,15,17)/p+1. The number of likely N-dealkylation sites (tertiary alicyclic amines) is 1. The molecule has 4 nitrogen and oxygen atoms in total. The number of ether oxygens (including phenoxy) is 1. The number of hydrogen-bond acceptors (Lipinski definition) is 2. The molecule has 0 atom stereocenters. The Hall–Kier alpha value is -1.26. The zero-order valence-corrected chi connectivity index (χ0v) is 11.2. The van der Waals surface area contributed by atoms with Gasteiger partial charge < -0.3 is 15.0 Å². The second kappa shape index (κ2) is 6.07. The number of nitrogens with one attached hydrogen (secondary N) is 2. The number of rotatable bonds is 4. The van der Waals surface area contributed by atoms with Crippen molar-refractivity contribution in [3.05, 3.63) is 23.2 Å². The predicted octanol–water partition coefficient (Wildman–Crippen LogP) is 0.966. The summed E-state index contributed by atoms with van der Waals surface area (Å²) < 4.78 is 5.19. The molecule has 2 N–H and O–H groups in total. The van der Waals surface area contributed by atoms with Crippen LogP contribution in [-0.2, 0) is 4.79 Å². The molecule has 1 aliphatic rings. The molecule has 1 fully saturated rings. The van der Waals surface area contributed by atoms with Gasteiger partial charge in [0.25, 0.3) is 5.91 Å². The number of carbonyl (C=O) groups excluding carboxylic acids is 1. The Morgan fingerprint density at radius 1 is 1.44 bits per heavy atom. The van der Waals surface area contributed by atoms with Crippen molar-refractivity contribution in [2.24, 2.45) is 0 Å². The highest BCUT2D eigenvalue weighted by Gasteiger charge is 2.19. The van der Waals surface area contributed by atoms with E-state index in [1.54, 1.807) is 25.3 Å². The molecule has 1 saturated heterocycles. The van der Waals surface area contributed by atoms with Crippen LogP contribution in [0.25, 0.3) is 0 Å². The maximum Gasteiger partial charge on any atom is 0.279 e. The normalized spacial score (nSPS) is 15.7. The monoisotopic (exact) mass is 269 g/mol. The van der Waals surface area contributed by atoms with E-state index in [0.717, 1.165) is 13.1 Å². The van der Waals surface area contributed by atoms with Crippen LogP contribution in [0.1, 0.15) is 12.8 Å². The molecule has 0 unspecified atom stereocenters. The Labute approximate surface area is 112 Å². The van der Waals surface area contributed by atoms with E-state index in [0.29, 0.717) is 23.0 Å². The summed E-state index contributed by atoms with van der Waals surface area (Å²) >= 11 is 5.92. The Morgan fingerprint density at radius 2 is 2.17 bits per heavy atom. The molecule has 2 rings (SSSR count). The lowest BCUT2D eigenvalue weighted by molar-refractivity contribution is -0.878. The SMILES string of the molecule is COc1ccc(Cl)cc1NC(=O)C[NH+]1CCCC1. The number of hydrogen-bond donors (Lipinski definition) is 2. The molecule has 0 aromatic heterocycles. The van der Waals surface area contributed by atoms with Crippen molar-refractivity contribution in [3.63, 3.8) is 0 Å². The third-order valence-corrected chi connectivity index (χ3v) is 3.39. The second-order valence-electron chi connectivity index (χ2n) is 4.53. The molecule has 1 aromatic carbocycles. The van der Waals surface area contributed by atoms with Crippen LogP contribution in [0.4, 0.5) is 5.69 Å². The van der Waals surface area contributed by atoms with Gasteiger partial charge in [0.1, 0.15) is 5.75 Å². The molecule has 1 amide bonds. The van der Waals surface area contributed by atoms with Crippen molar-refractivity contribution >= 4 is 23.2 Å². The van der Waals surface area contributed by atoms with Gasteiger partial charge in [-0.1, -0.05) is 11.6 Å². The maximum absolute atomic E-state index is 11.9. The van der Waals surface area contributed by atoms with E-state index < -0.39 is 0 Å². The fourth-order valence-corrected chi connectivity index (χ4v) is 2.42. The van der Waals surface area contributed by atoms with Gasteiger partial charge in [0, 0.05) is 17.9 Å². The van der Waals surface area contributed by atoms with Crippen LogP contribution in [0.5, 0.6) is 5.75 Å². The Bertz CT molecular complexity index is 431. The number of amides is 1. The van der Waals surface area contributed by atoms with Crippen LogP contribution in [0, 0.1) is 0 Å². The highest BCUT2D eigenvalue weighted by molar-refractivity contribution is 6.31. The van der Waals surface area contributed by atoms with Crippen LogP contribution in [0.2, 0.25) is 5.02 Å². The molecule has 1 aliphatic heterocycles. The number of quaternary nitrogens is 1. The van der Waals surface area contributed by atoms with Gasteiger partial charge in [-0.05, 0) is 18.2 Å². The topological polar surface area (TPSA) is 42.8 Å². The molecule has 98 valence electrons. The molecular weight excluding hydrogens is 252 g/mol. The summed E-state index contributed by atoms with van der Waals surface area (Å²) in [5.74, 6) is 0.636. The summed E-state index contributed by atoms with van der Waals surface area (Å²) in [4.78, 5) is 13.3. The van der Waals surface area contributed by atoms with Crippen molar-refractivity contribution in [2.45, 2.75) is 12.8 Å². The minimum Gasteiger partial charge on any atom is -0.495 e. The molecule has 0 spiro atoms. The van der Waals surface area contributed by atoms with Gasteiger partial charge in [-0.3, -0.25) is 4.79 Å². The van der Waals surface area contributed by atoms with Crippen LogP contribution >= 0.6 is 11.6 Å². The Morgan fingerprint density at radius 3 is 2.83 bits per heavy atom. The van der Waals surface area contributed by atoms with Crippen LogP contribution in [0.3, 0.4) is 0 Å². The zero-order chi connectivity index (χ0) is 13.0. The molecule has 0 aliphatic carbocycles. The van der Waals surface area contributed by atoms with Gasteiger partial charge in [-0.25, -0.2) is 0 Å². The second-order valence-corrected chi connectivity index (χ2v) is 4.96. The lowest BCUT2D eigenvalue weighted by atomic mass is 10.3. The fraction of sp³-hybridized carbons (Fsp3) is 0.462. The maximum atomic E-state index is 11.9. The quantitative estimate of drug-likeness (QED) is 0.855. The third-order valence-electron chi connectivity index (χ3n) is 3.16. The molecule has 0 saturated carbocycles. The van der Waals surface area contributed by atoms with Crippen molar-refractivity contribution in [1.82, 2.24) is 0 Å². The molecule has 1 heterocycles. The number of carbonyl (C=O) groups is 1. The first-order chi connectivity index (χ1) is 8.69. The number of methoxy groups -OCH3 is 1. The summed E-state index contributed by atoms with van der Waals surface area (Å²) in [6.07, 6.45) is 2.42. The van der Waals surface area contributed by atoms with Crippen molar-refractivity contribution in [1.29, 1.82) is 0 Å². The molecular formula is C13H18ClN2O2+. The highest BCUT2D eigenvalue weighted by Crippen LogP contribution is 2.27. The third kappa shape index (κ3) is 3.37. The summed E-state index contributed by atoms with van der Waals surface area (Å²) in [6, 6.07) is 5.19. The van der Waals surface area contributed by atoms with E-state index in [4.69, 9.17) is 16.3 Å². The molecule has 0 bridgehead atoms. The summed E-state index contributed by atoms with van der Waals surface area (Å²) in [5.41, 5.74) is 0.633. The molecule has 5 heteroatoms. The number of anilines is 1. The van der Waals surface area contributed by atoms with E-state index in [1.807, 2.05) is 0 Å². The average molecular weight is 270 g/mol. The van der Waals surface area contributed by atoms with Gasteiger partial charge in [0.05, 0.1) is 25.9 Å². The van der Waals surface area contributed by atoms with Gasteiger partial charge >= 0.3 is 0 Å². The number of halogens is 1. The van der Waals surface area contributed by atoms with Gasteiger partial charge in [-0.2, -0.15) is 0 Å². The van der Waals surface area contributed by atoms with E-state index in [9.17, 15) is 4.79 Å². The van der Waals surface area contributed by atoms with Crippen LogP contribution in [-0.4, -0.2) is 32.7 Å². The largest absolute Gasteiger partial charge is 0.495 e. The van der Waals surface area contributed by atoms with Crippen molar-refractivity contribution in [3.8, 4) is 5.75 Å². The molecule has 0 radical (unpaired) electrons. The van der Waals surface area contributed by atoms with Gasteiger partial charge in [0.2, 0.25) is 0 Å². The average Bonchev–Trinajstić information content (AvgIpc) is 2.82. The first-order valence-electron chi connectivity index (χ1n) is 6.16. The summed E-state index contributed by atoms with van der Waals surface area (Å²) in [7, 11) is 1.57. The zero-order valence-electron chi connectivity index (χ0n) is 10.5. The summed E-state index contributed by atoms with van der Waals surface area (Å²) in [5, 5.41) is 3.44. The lowest BCUT2D eigenvalue weighted by Gasteiger charge is -2.13. The predicted molar refractivity (Wildman–Crippen MR) is 71.4 cm³/mol. The summed E-state index contributed by atoms with van der Waals surface area (Å²) in [6.45, 7) is 2.68.